The molecule has 2 rings (SSSR count). The number of alkyl halides is 1. The molecule has 1 atom stereocenters. The lowest BCUT2D eigenvalue weighted by molar-refractivity contribution is -0.111. The van der Waals surface area contributed by atoms with Crippen LogP contribution in [0.25, 0.3) is 6.08 Å². The second-order valence-electron chi connectivity index (χ2n) is 4.52. The van der Waals surface area contributed by atoms with Gasteiger partial charge in [0.1, 0.15) is 5.75 Å². The second-order valence-corrected chi connectivity index (χ2v) is 5.08. The molecule has 0 fully saturated rings. The molecule has 0 bridgehead atoms. The predicted molar refractivity (Wildman–Crippen MR) is 78.2 cm³/mol. The van der Waals surface area contributed by atoms with E-state index in [9.17, 15) is 9.90 Å². The van der Waals surface area contributed by atoms with Gasteiger partial charge in [-0.15, -0.1) is 11.6 Å². The van der Waals surface area contributed by atoms with E-state index in [2.05, 4.69) is 0 Å². The molecule has 0 saturated heterocycles. The van der Waals surface area contributed by atoms with Crippen LogP contribution in [-0.2, 0) is 4.79 Å². The van der Waals surface area contributed by atoms with Gasteiger partial charge >= 0.3 is 0 Å². The van der Waals surface area contributed by atoms with Crippen LogP contribution in [0, 0.1) is 0 Å². The highest BCUT2D eigenvalue weighted by Gasteiger charge is 2.13. The summed E-state index contributed by atoms with van der Waals surface area (Å²) in [6.45, 7) is 1.77. The molecule has 1 aromatic carbocycles. The van der Waals surface area contributed by atoms with E-state index in [1.54, 1.807) is 37.3 Å². The van der Waals surface area contributed by atoms with Crippen molar-refractivity contribution in [1.29, 1.82) is 0 Å². The molecule has 0 amide bonds. The van der Waals surface area contributed by atoms with E-state index in [0.717, 1.165) is 5.56 Å². The fourth-order valence-electron chi connectivity index (χ4n) is 1.92. The maximum Gasteiger partial charge on any atom is 0.188 e. The molecule has 0 aliphatic heterocycles. The van der Waals surface area contributed by atoms with E-state index in [1.807, 2.05) is 18.2 Å². The fourth-order valence-corrected chi connectivity index (χ4v) is 2.08. The van der Waals surface area contributed by atoms with Crippen molar-refractivity contribution in [3.05, 3.63) is 59.2 Å². The minimum absolute atomic E-state index is 0.0110. The van der Waals surface area contributed by atoms with Crippen molar-refractivity contribution in [2.45, 2.75) is 18.7 Å². The monoisotopic (exact) mass is 274 g/mol. The Balaban J connectivity index is 2.18. The molecule has 0 aromatic heterocycles. The van der Waals surface area contributed by atoms with Crippen molar-refractivity contribution in [3.63, 3.8) is 0 Å². The maximum absolute atomic E-state index is 12.2. The number of carbonyl (C=O) groups excluding carboxylic acids is 1. The van der Waals surface area contributed by atoms with E-state index in [0.29, 0.717) is 17.6 Å². The first-order valence-electron chi connectivity index (χ1n) is 6.11. The number of carbonyl (C=O) groups is 1. The molecular weight excluding hydrogens is 260 g/mol. The van der Waals surface area contributed by atoms with Crippen LogP contribution in [-0.4, -0.2) is 16.3 Å². The Kier molecular flexibility index (Phi) is 4.23. The third kappa shape index (κ3) is 3.58. The molecule has 0 radical (unpaired) electrons. The highest BCUT2D eigenvalue weighted by atomic mass is 35.5. The van der Waals surface area contributed by atoms with Crippen LogP contribution in [0.2, 0.25) is 0 Å². The standard InChI is InChI=1S/C16H15ClO2/c1-11(9-12-3-2-4-15(18)10-12)16(19)13-5-7-14(17)8-6-13/h2-7,9-10,14,18H,8H2,1H3/b11-9+. The van der Waals surface area contributed by atoms with Crippen LogP contribution in [0.4, 0.5) is 0 Å². The zero-order valence-electron chi connectivity index (χ0n) is 10.6. The lowest BCUT2D eigenvalue weighted by Gasteiger charge is -2.09. The molecule has 1 N–H and O–H groups in total. The molecular formula is C16H15ClO2. The minimum Gasteiger partial charge on any atom is -0.508 e. The molecule has 1 unspecified atom stereocenters. The van der Waals surface area contributed by atoms with Crippen molar-refractivity contribution in [3.8, 4) is 5.75 Å². The van der Waals surface area contributed by atoms with Gasteiger partial charge in [-0.1, -0.05) is 30.4 Å². The number of allylic oxidation sites excluding steroid dienone is 5. The molecule has 1 aliphatic rings. The van der Waals surface area contributed by atoms with Crippen LogP contribution in [0.15, 0.2) is 53.6 Å². The molecule has 1 aromatic rings. The Labute approximate surface area is 117 Å². The molecule has 98 valence electrons. The SMILES string of the molecule is C/C(=C\c1cccc(O)c1)C(=O)C1=CCC(Cl)C=C1. The highest BCUT2D eigenvalue weighted by molar-refractivity contribution is 6.22. The number of Topliss-reactive ketones (excluding diaryl/α,β-unsaturated/α-hetero) is 1. The van der Waals surface area contributed by atoms with Gasteiger partial charge in [0.05, 0.1) is 5.38 Å². The smallest absolute Gasteiger partial charge is 0.188 e. The van der Waals surface area contributed by atoms with Crippen molar-refractivity contribution < 1.29 is 9.90 Å². The minimum atomic E-state index is -0.0214. The first-order valence-corrected chi connectivity index (χ1v) is 6.54. The number of halogens is 1. The van der Waals surface area contributed by atoms with E-state index in [1.165, 1.54) is 0 Å². The Morgan fingerprint density at radius 3 is 2.89 bits per heavy atom. The van der Waals surface area contributed by atoms with Crippen molar-refractivity contribution >= 4 is 23.5 Å². The van der Waals surface area contributed by atoms with Gasteiger partial charge in [0.25, 0.3) is 0 Å². The van der Waals surface area contributed by atoms with Crippen LogP contribution in [0.5, 0.6) is 5.75 Å². The van der Waals surface area contributed by atoms with Gasteiger partial charge in [0.2, 0.25) is 0 Å². The first kappa shape index (κ1) is 13.6. The van der Waals surface area contributed by atoms with E-state index in [-0.39, 0.29) is 16.9 Å². The molecule has 0 heterocycles. The Hall–Kier alpha value is -1.80. The molecule has 0 saturated carbocycles. The zero-order chi connectivity index (χ0) is 13.8. The van der Waals surface area contributed by atoms with Gasteiger partial charge in [0.15, 0.2) is 5.78 Å². The summed E-state index contributed by atoms with van der Waals surface area (Å²) in [6, 6.07) is 6.81. The molecule has 1 aliphatic carbocycles. The fraction of sp³-hybridized carbons (Fsp3) is 0.188. The topological polar surface area (TPSA) is 37.3 Å². The second kappa shape index (κ2) is 5.89. The Morgan fingerprint density at radius 2 is 2.26 bits per heavy atom. The van der Waals surface area contributed by atoms with Crippen LogP contribution in [0.3, 0.4) is 0 Å². The Bertz CT molecular complexity index is 582. The third-order valence-corrected chi connectivity index (χ3v) is 3.24. The first-order chi connectivity index (χ1) is 9.06. The van der Waals surface area contributed by atoms with E-state index >= 15 is 0 Å². The average Bonchev–Trinajstić information content (AvgIpc) is 2.39. The zero-order valence-corrected chi connectivity index (χ0v) is 11.4. The van der Waals surface area contributed by atoms with Crippen LogP contribution >= 0.6 is 11.6 Å². The largest absolute Gasteiger partial charge is 0.508 e. The van der Waals surface area contributed by atoms with Crippen LogP contribution in [0.1, 0.15) is 18.9 Å². The number of rotatable bonds is 3. The molecule has 0 spiro atoms. The van der Waals surface area contributed by atoms with Gasteiger partial charge in [0, 0.05) is 5.57 Å². The summed E-state index contributed by atoms with van der Waals surface area (Å²) < 4.78 is 0. The number of phenolic OH excluding ortho intramolecular Hbond substituents is 1. The number of phenols is 1. The molecule has 3 heteroatoms. The highest BCUT2D eigenvalue weighted by Crippen LogP contribution is 2.20. The lowest BCUT2D eigenvalue weighted by atomic mass is 9.97. The third-order valence-electron chi connectivity index (χ3n) is 2.92. The normalized spacial score (nSPS) is 19.2. The molecule has 19 heavy (non-hydrogen) atoms. The average molecular weight is 275 g/mol. The number of benzene rings is 1. The van der Waals surface area contributed by atoms with Gasteiger partial charge in [-0.2, -0.15) is 0 Å². The Morgan fingerprint density at radius 1 is 1.47 bits per heavy atom. The number of aromatic hydroxyl groups is 1. The van der Waals surface area contributed by atoms with Gasteiger partial charge in [-0.25, -0.2) is 0 Å². The van der Waals surface area contributed by atoms with Crippen molar-refractivity contribution in [2.75, 3.05) is 0 Å². The quantitative estimate of drug-likeness (QED) is 0.671. The van der Waals surface area contributed by atoms with Crippen LogP contribution < -0.4 is 0 Å². The van der Waals surface area contributed by atoms with Gasteiger partial charge < -0.3 is 5.11 Å². The van der Waals surface area contributed by atoms with Crippen molar-refractivity contribution in [1.82, 2.24) is 0 Å². The number of ketones is 1. The lowest BCUT2D eigenvalue weighted by Crippen LogP contribution is -2.07. The van der Waals surface area contributed by atoms with Crippen molar-refractivity contribution in [2.24, 2.45) is 0 Å². The van der Waals surface area contributed by atoms with E-state index in [4.69, 9.17) is 11.6 Å². The van der Waals surface area contributed by atoms with E-state index < -0.39 is 0 Å². The summed E-state index contributed by atoms with van der Waals surface area (Å²) >= 11 is 5.93. The summed E-state index contributed by atoms with van der Waals surface area (Å²) in [5.41, 5.74) is 2.11. The number of hydrogen-bond donors (Lipinski definition) is 1. The van der Waals surface area contributed by atoms with Gasteiger partial charge in [-0.3, -0.25) is 4.79 Å². The summed E-state index contributed by atoms with van der Waals surface area (Å²) in [4.78, 5) is 12.2. The van der Waals surface area contributed by atoms with Gasteiger partial charge in [-0.05, 0) is 42.7 Å². The molecule has 2 nitrogen and oxygen atoms in total. The summed E-state index contributed by atoms with van der Waals surface area (Å²) in [5.74, 6) is 0.180. The maximum atomic E-state index is 12.2. The predicted octanol–water partition coefficient (Wildman–Crippen LogP) is 3.86. The summed E-state index contributed by atoms with van der Waals surface area (Å²) in [6.07, 6.45) is 7.90. The number of hydrogen-bond acceptors (Lipinski definition) is 2. The summed E-state index contributed by atoms with van der Waals surface area (Å²) in [5, 5.41) is 9.37. The summed E-state index contributed by atoms with van der Waals surface area (Å²) in [7, 11) is 0.